The molecule has 0 unspecified atom stereocenters. The summed E-state index contributed by atoms with van der Waals surface area (Å²) in [6, 6.07) is 2.51. The summed E-state index contributed by atoms with van der Waals surface area (Å²) in [7, 11) is -4.63. The van der Waals surface area contributed by atoms with Crippen LogP contribution in [0.5, 0.6) is 0 Å². The number of allylic oxidation sites excluding steroid dienone is 1. The summed E-state index contributed by atoms with van der Waals surface area (Å²) in [4.78, 5) is 13.4. The molecule has 1 saturated heterocycles. The van der Waals surface area contributed by atoms with Crippen molar-refractivity contribution in [2.24, 2.45) is 0 Å². The molecule has 0 radical (unpaired) electrons. The maximum atomic E-state index is 13.6. The Bertz CT molecular complexity index is 910. The van der Waals surface area contributed by atoms with Crippen LogP contribution in [0.25, 0.3) is 0 Å². The molecule has 6 nitrogen and oxygen atoms in total. The number of amides is 1. The van der Waals surface area contributed by atoms with Crippen LogP contribution in [-0.2, 0) is 14.8 Å². The van der Waals surface area contributed by atoms with Gasteiger partial charge in [0.2, 0.25) is 10.0 Å². The molecule has 2 rings (SSSR count). The van der Waals surface area contributed by atoms with Crippen LogP contribution >= 0.6 is 11.6 Å². The van der Waals surface area contributed by atoms with Gasteiger partial charge in [-0.05, 0) is 55.9 Å². The fourth-order valence-electron chi connectivity index (χ4n) is 3.27. The second-order valence-corrected chi connectivity index (χ2v) is 9.23. The Labute approximate surface area is 172 Å². The minimum atomic E-state index is -5.13. The van der Waals surface area contributed by atoms with Crippen LogP contribution in [0.2, 0.25) is 5.02 Å². The van der Waals surface area contributed by atoms with Crippen LogP contribution in [0, 0.1) is 6.92 Å². The Morgan fingerprint density at radius 2 is 1.86 bits per heavy atom. The number of hydrogen-bond acceptors (Lipinski definition) is 4. The van der Waals surface area contributed by atoms with Crippen molar-refractivity contribution in [3.8, 4) is 0 Å². The number of sulfonamides is 1. The fourth-order valence-corrected chi connectivity index (χ4v) is 4.34. The molecule has 0 aliphatic carbocycles. The van der Waals surface area contributed by atoms with Crippen molar-refractivity contribution in [3.63, 3.8) is 0 Å². The summed E-state index contributed by atoms with van der Waals surface area (Å²) in [6.07, 6.45) is -4.55. The molecule has 0 bridgehead atoms. The minimum absolute atomic E-state index is 0.177. The lowest BCUT2D eigenvalue weighted by molar-refractivity contribution is -0.115. The number of alkyl halides is 3. The van der Waals surface area contributed by atoms with Gasteiger partial charge in [-0.25, -0.2) is 13.2 Å². The lowest BCUT2D eigenvalue weighted by Crippen LogP contribution is -2.43. The van der Waals surface area contributed by atoms with Gasteiger partial charge in [-0.2, -0.15) is 4.31 Å². The molecule has 1 amide bonds. The van der Waals surface area contributed by atoms with Gasteiger partial charge in [0.25, 0.3) is 0 Å². The number of carbonyl (C=O) groups is 1. The predicted molar refractivity (Wildman–Crippen MR) is 104 cm³/mol. The van der Waals surface area contributed by atoms with E-state index in [4.69, 9.17) is 16.3 Å². The molecule has 162 valence electrons. The number of anilines is 1. The molecule has 29 heavy (non-hydrogen) atoms. The average molecular weight is 455 g/mol. The number of halogens is 4. The number of hydrogen-bond donors (Lipinski definition) is 0. The van der Waals surface area contributed by atoms with Crippen LogP contribution < -0.4 is 4.31 Å². The summed E-state index contributed by atoms with van der Waals surface area (Å²) in [5.74, 6) is -0.178. The van der Waals surface area contributed by atoms with Crippen molar-refractivity contribution < 1.29 is 31.1 Å². The Kier molecular flexibility index (Phi) is 6.79. The van der Waals surface area contributed by atoms with E-state index in [1.165, 1.54) is 24.8 Å². The van der Waals surface area contributed by atoms with Crippen molar-refractivity contribution in [2.75, 3.05) is 23.7 Å². The highest BCUT2D eigenvalue weighted by Gasteiger charge is 2.45. The first kappa shape index (κ1) is 23.3. The topological polar surface area (TPSA) is 66.9 Å². The zero-order valence-electron chi connectivity index (χ0n) is 16.2. The van der Waals surface area contributed by atoms with E-state index < -0.39 is 38.3 Å². The van der Waals surface area contributed by atoms with E-state index >= 15 is 0 Å². The van der Waals surface area contributed by atoms with Crippen LogP contribution in [0.15, 0.2) is 24.5 Å². The Morgan fingerprint density at radius 1 is 1.31 bits per heavy atom. The number of likely N-dealkylation sites (tertiary alicyclic amines) is 1. The molecule has 0 N–H and O–H groups in total. The van der Waals surface area contributed by atoms with E-state index in [0.717, 1.165) is 6.07 Å². The van der Waals surface area contributed by atoms with E-state index in [-0.39, 0.29) is 29.4 Å². The molecule has 0 saturated carbocycles. The molecule has 1 aliphatic heterocycles. The molecule has 1 aromatic carbocycles. The lowest BCUT2D eigenvalue weighted by atomic mass is 9.87. The molecule has 0 atom stereocenters. The number of ether oxygens (including phenoxy) is 1. The number of aryl methyl sites for hydroxylation is 1. The third-order valence-electron chi connectivity index (χ3n) is 4.54. The monoisotopic (exact) mass is 454 g/mol. The largest absolute Gasteiger partial charge is 0.498 e. The first-order valence-electron chi connectivity index (χ1n) is 8.71. The van der Waals surface area contributed by atoms with Crippen molar-refractivity contribution in [1.29, 1.82) is 0 Å². The highest BCUT2D eigenvalue weighted by molar-refractivity contribution is 7.92. The molecule has 0 aromatic heterocycles. The summed E-state index contributed by atoms with van der Waals surface area (Å²) in [6.45, 7) is 7.01. The summed E-state index contributed by atoms with van der Waals surface area (Å²) in [5.41, 5.74) is 0.0342. The van der Waals surface area contributed by atoms with Gasteiger partial charge in [-0.3, -0.25) is 0 Å². The maximum absolute atomic E-state index is 13.6. The van der Waals surface area contributed by atoms with Gasteiger partial charge < -0.3 is 9.64 Å². The maximum Gasteiger partial charge on any atom is 0.498 e. The third-order valence-corrected chi connectivity index (χ3v) is 6.02. The van der Waals surface area contributed by atoms with E-state index in [0.29, 0.717) is 24.7 Å². The predicted octanol–water partition coefficient (Wildman–Crippen LogP) is 4.78. The van der Waals surface area contributed by atoms with Gasteiger partial charge in [0.1, 0.15) is 0 Å². The van der Waals surface area contributed by atoms with E-state index in [1.54, 1.807) is 0 Å². The zero-order valence-corrected chi connectivity index (χ0v) is 17.8. The summed E-state index contributed by atoms with van der Waals surface area (Å²) < 4.78 is 69.1. The van der Waals surface area contributed by atoms with E-state index in [1.807, 2.05) is 0 Å². The van der Waals surface area contributed by atoms with Gasteiger partial charge in [0.05, 0.1) is 17.7 Å². The normalized spacial score (nSPS) is 15.9. The van der Waals surface area contributed by atoms with Gasteiger partial charge in [-0.1, -0.05) is 18.2 Å². The van der Waals surface area contributed by atoms with Gasteiger partial charge in [-0.15, -0.1) is 13.2 Å². The molecule has 0 spiro atoms. The van der Waals surface area contributed by atoms with Crippen LogP contribution in [-0.4, -0.2) is 45.1 Å². The number of nitrogens with zero attached hydrogens (tertiary/aromatic N) is 2. The SMILES string of the molecule is C=C(C)OC(=O)N1CCC(c2cc(Cl)c(C)cc2N(C(F)(F)F)S(C)(=O)=O)CC1. The Hall–Kier alpha value is -1.94. The van der Waals surface area contributed by atoms with Crippen LogP contribution in [0.4, 0.5) is 23.7 Å². The minimum Gasteiger partial charge on any atom is -0.416 e. The van der Waals surface area contributed by atoms with Crippen molar-refractivity contribution in [1.82, 2.24) is 4.90 Å². The quantitative estimate of drug-likeness (QED) is 0.485. The van der Waals surface area contributed by atoms with Crippen molar-refractivity contribution in [3.05, 3.63) is 40.6 Å². The third kappa shape index (κ3) is 5.57. The number of benzene rings is 1. The first-order chi connectivity index (χ1) is 13.2. The van der Waals surface area contributed by atoms with Gasteiger partial charge in [0, 0.05) is 18.1 Å². The summed E-state index contributed by atoms with van der Waals surface area (Å²) in [5, 5.41) is 0.239. The number of piperidine rings is 1. The Balaban J connectivity index is 2.41. The first-order valence-corrected chi connectivity index (χ1v) is 10.9. The zero-order chi connectivity index (χ0) is 22.1. The molecule has 1 heterocycles. The Morgan fingerprint density at radius 3 is 2.31 bits per heavy atom. The van der Waals surface area contributed by atoms with E-state index in [9.17, 15) is 26.4 Å². The summed E-state index contributed by atoms with van der Waals surface area (Å²) >= 11 is 6.13. The fraction of sp³-hybridized carbons (Fsp3) is 0.500. The average Bonchev–Trinajstić information content (AvgIpc) is 2.55. The van der Waals surface area contributed by atoms with Gasteiger partial charge >= 0.3 is 12.4 Å². The van der Waals surface area contributed by atoms with E-state index in [2.05, 4.69) is 6.58 Å². The molecular formula is C18H22ClF3N2O4S. The van der Waals surface area contributed by atoms with Crippen LogP contribution in [0.3, 0.4) is 0 Å². The number of rotatable bonds is 4. The standard InChI is InChI=1S/C18H22ClF3N2O4S/c1-11(2)28-17(25)23-7-5-13(6-8-23)14-10-15(19)12(3)9-16(14)24(18(20,21)22)29(4,26)27/h9-10,13H,1,5-8H2,2-4H3. The van der Waals surface area contributed by atoms with Crippen LogP contribution in [0.1, 0.15) is 36.8 Å². The smallest absolute Gasteiger partial charge is 0.416 e. The molecular weight excluding hydrogens is 433 g/mol. The highest BCUT2D eigenvalue weighted by atomic mass is 35.5. The number of carbonyl (C=O) groups excluding carboxylic acids is 1. The molecule has 1 aromatic rings. The second-order valence-electron chi connectivity index (χ2n) is 6.99. The second kappa shape index (κ2) is 8.43. The molecule has 11 heteroatoms. The van der Waals surface area contributed by atoms with Gasteiger partial charge in [0.15, 0.2) is 0 Å². The van der Waals surface area contributed by atoms with Crippen molar-refractivity contribution in [2.45, 2.75) is 38.9 Å². The molecule has 1 aliphatic rings. The molecule has 1 fully saturated rings. The van der Waals surface area contributed by atoms with Crippen molar-refractivity contribution >= 4 is 33.4 Å². The highest BCUT2D eigenvalue weighted by Crippen LogP contribution is 2.42. The lowest BCUT2D eigenvalue weighted by Gasteiger charge is -2.34.